The molecule has 0 aromatic heterocycles. The van der Waals surface area contributed by atoms with Crippen LogP contribution in [0.5, 0.6) is 0 Å². The van der Waals surface area contributed by atoms with Gasteiger partial charge < -0.3 is 0 Å². The summed E-state index contributed by atoms with van der Waals surface area (Å²) < 4.78 is 0. The number of alkyl halides is 1. The fourth-order valence-corrected chi connectivity index (χ4v) is 7.64. The van der Waals surface area contributed by atoms with E-state index < -0.39 is 0 Å². The van der Waals surface area contributed by atoms with Gasteiger partial charge in [0, 0.05) is 34.8 Å². The normalized spacial score (nSPS) is 52.4. The molecular weight excluding hydrogens is 362 g/mol. The Labute approximate surface area is 155 Å². The van der Waals surface area contributed by atoms with Crippen molar-refractivity contribution in [3.8, 4) is 0 Å². The van der Waals surface area contributed by atoms with Crippen LogP contribution in [0.25, 0.3) is 0 Å². The van der Waals surface area contributed by atoms with Crippen molar-refractivity contribution < 1.29 is 0 Å². The number of hydrogen-bond acceptors (Lipinski definition) is 3. The third-order valence-electron chi connectivity index (χ3n) is 7.89. The Kier molecular flexibility index (Phi) is 4.70. The summed E-state index contributed by atoms with van der Waals surface area (Å²) in [6, 6.07) is 2.33. The summed E-state index contributed by atoms with van der Waals surface area (Å²) in [5, 5.41) is 8.36. The lowest BCUT2D eigenvalue weighted by molar-refractivity contribution is -0.0494. The summed E-state index contributed by atoms with van der Waals surface area (Å²) in [6.45, 7) is 0. The second-order valence-corrected chi connectivity index (χ2v) is 10.3. The van der Waals surface area contributed by atoms with Crippen LogP contribution in [-0.4, -0.2) is 40.2 Å². The zero-order valence-corrected chi connectivity index (χ0v) is 16.5. The van der Waals surface area contributed by atoms with E-state index in [1.54, 1.807) is 0 Å². The zero-order chi connectivity index (χ0) is 16.1. The number of hydrogen-bond donors (Lipinski definition) is 2. The maximum atomic E-state index is 4.22. The Balaban J connectivity index is 1.46. The highest BCUT2D eigenvalue weighted by Crippen LogP contribution is 2.45. The number of fused-ring (bicyclic) bond motifs is 5. The van der Waals surface area contributed by atoms with Crippen molar-refractivity contribution >= 4 is 15.9 Å². The fourth-order valence-electron chi connectivity index (χ4n) is 6.76. The molecule has 0 radical (unpaired) electrons. The quantitative estimate of drug-likeness (QED) is 0.657. The van der Waals surface area contributed by atoms with Crippen LogP contribution >= 0.6 is 15.9 Å². The molecule has 2 saturated heterocycles. The molecule has 0 bridgehead atoms. The topological polar surface area (TPSA) is 27.3 Å². The van der Waals surface area contributed by atoms with Crippen molar-refractivity contribution in [3.63, 3.8) is 0 Å². The molecule has 5 rings (SSSR count). The summed E-state index contributed by atoms with van der Waals surface area (Å²) in [5.41, 5.74) is 0. The number of nitrogens with one attached hydrogen (secondary N) is 2. The zero-order valence-electron chi connectivity index (χ0n) is 14.9. The number of nitrogens with zero attached hydrogens (tertiary/aromatic N) is 1. The van der Waals surface area contributed by atoms with Crippen molar-refractivity contribution in [3.05, 3.63) is 0 Å². The minimum atomic E-state index is 0.611. The van der Waals surface area contributed by atoms with Crippen molar-refractivity contribution in [1.82, 2.24) is 15.5 Å². The first-order valence-corrected chi connectivity index (χ1v) is 11.7. The summed E-state index contributed by atoms with van der Waals surface area (Å²) in [4.78, 5) is 3.69. The number of rotatable bonds is 1. The lowest BCUT2D eigenvalue weighted by atomic mass is 9.77. The fraction of sp³-hybridized carbons (Fsp3) is 1.00. The molecule has 3 aliphatic carbocycles. The van der Waals surface area contributed by atoms with Crippen LogP contribution in [-0.2, 0) is 0 Å². The summed E-state index contributed by atoms with van der Waals surface area (Å²) in [6.07, 6.45) is 18.3. The van der Waals surface area contributed by atoms with Gasteiger partial charge in [-0.1, -0.05) is 54.5 Å². The van der Waals surface area contributed by atoms with E-state index in [2.05, 4.69) is 31.5 Å². The van der Waals surface area contributed by atoms with Crippen molar-refractivity contribution in [1.29, 1.82) is 0 Å². The molecule has 2 N–H and O–H groups in total. The van der Waals surface area contributed by atoms with E-state index in [4.69, 9.17) is 0 Å². The molecule has 5 fully saturated rings. The van der Waals surface area contributed by atoms with Gasteiger partial charge in [0.25, 0.3) is 0 Å². The third-order valence-corrected chi connectivity index (χ3v) is 9.02. The molecule has 5 aliphatic rings. The van der Waals surface area contributed by atoms with Crippen molar-refractivity contribution in [2.24, 2.45) is 11.8 Å². The van der Waals surface area contributed by atoms with Gasteiger partial charge in [0.1, 0.15) is 0 Å². The molecule has 0 amide bonds. The molecule has 0 spiro atoms. The molecular formula is C20H34BrN3. The second kappa shape index (κ2) is 6.83. The largest absolute Gasteiger partial charge is 0.298 e. The molecule has 4 heteroatoms. The van der Waals surface area contributed by atoms with Gasteiger partial charge in [-0.15, -0.1) is 0 Å². The highest BCUT2D eigenvalue weighted by atomic mass is 79.9. The SMILES string of the molecule is BrC1CCCCC1C1NC2CCCCC2C2NC3CCCCC3N12. The average molecular weight is 396 g/mol. The summed E-state index contributed by atoms with van der Waals surface area (Å²) in [5.74, 6) is 1.64. The van der Waals surface area contributed by atoms with Crippen LogP contribution < -0.4 is 10.6 Å². The lowest BCUT2D eigenvalue weighted by Gasteiger charge is -2.54. The van der Waals surface area contributed by atoms with Crippen LogP contribution in [0.15, 0.2) is 0 Å². The van der Waals surface area contributed by atoms with E-state index in [1.165, 1.54) is 77.0 Å². The molecule has 2 heterocycles. The van der Waals surface area contributed by atoms with Crippen molar-refractivity contribution in [2.75, 3.05) is 0 Å². The highest BCUT2D eigenvalue weighted by Gasteiger charge is 2.54. The molecule has 2 aliphatic heterocycles. The molecule has 3 saturated carbocycles. The molecule has 136 valence electrons. The van der Waals surface area contributed by atoms with Gasteiger partial charge in [-0.3, -0.25) is 15.5 Å². The van der Waals surface area contributed by atoms with Gasteiger partial charge >= 0.3 is 0 Å². The van der Waals surface area contributed by atoms with Gasteiger partial charge in [0.2, 0.25) is 0 Å². The first-order valence-electron chi connectivity index (χ1n) is 10.8. The Bertz CT molecular complexity index is 458. The van der Waals surface area contributed by atoms with Gasteiger partial charge in [-0.25, -0.2) is 0 Å². The predicted molar refractivity (Wildman–Crippen MR) is 102 cm³/mol. The Morgan fingerprint density at radius 1 is 0.625 bits per heavy atom. The van der Waals surface area contributed by atoms with Crippen LogP contribution in [0.4, 0.5) is 0 Å². The van der Waals surface area contributed by atoms with Gasteiger partial charge in [-0.2, -0.15) is 0 Å². The third kappa shape index (κ3) is 2.71. The van der Waals surface area contributed by atoms with E-state index in [1.807, 2.05) is 0 Å². The highest BCUT2D eigenvalue weighted by molar-refractivity contribution is 9.09. The van der Waals surface area contributed by atoms with Gasteiger partial charge in [0.05, 0.1) is 12.3 Å². The molecule has 8 unspecified atom stereocenters. The Hall–Kier alpha value is 0.360. The van der Waals surface area contributed by atoms with E-state index >= 15 is 0 Å². The standard InChI is InChI=1S/C20H34BrN3/c21-15-9-3-1-7-13(15)19-22-16-10-4-2-8-14(16)20-23-17-11-5-6-12-18(17)24(19)20/h13-20,22-23H,1-12H2. The van der Waals surface area contributed by atoms with Crippen molar-refractivity contribution in [2.45, 2.75) is 112 Å². The van der Waals surface area contributed by atoms with E-state index in [0.29, 0.717) is 17.2 Å². The predicted octanol–water partition coefficient (Wildman–Crippen LogP) is 3.97. The van der Waals surface area contributed by atoms with E-state index in [-0.39, 0.29) is 0 Å². The van der Waals surface area contributed by atoms with E-state index in [0.717, 1.165) is 30.0 Å². The molecule has 24 heavy (non-hydrogen) atoms. The summed E-state index contributed by atoms with van der Waals surface area (Å²) >= 11 is 4.08. The average Bonchev–Trinajstić information content (AvgIpc) is 3.01. The number of halogens is 1. The van der Waals surface area contributed by atoms with Gasteiger partial charge in [0.15, 0.2) is 0 Å². The molecule has 8 atom stereocenters. The smallest absolute Gasteiger partial charge is 0.0660 e. The molecule has 0 aromatic rings. The van der Waals surface area contributed by atoms with Gasteiger partial charge in [-0.05, 0) is 38.5 Å². The van der Waals surface area contributed by atoms with Crippen LogP contribution in [0.3, 0.4) is 0 Å². The lowest BCUT2D eigenvalue weighted by Crippen LogP contribution is -2.69. The first-order chi connectivity index (χ1) is 11.8. The van der Waals surface area contributed by atoms with Crippen LogP contribution in [0, 0.1) is 11.8 Å². The minimum absolute atomic E-state index is 0.611. The minimum Gasteiger partial charge on any atom is -0.298 e. The second-order valence-electron chi connectivity index (χ2n) is 9.15. The monoisotopic (exact) mass is 395 g/mol. The van der Waals surface area contributed by atoms with E-state index in [9.17, 15) is 0 Å². The maximum absolute atomic E-state index is 4.22. The maximum Gasteiger partial charge on any atom is 0.0660 e. The Morgan fingerprint density at radius 3 is 2.04 bits per heavy atom. The molecule has 3 nitrogen and oxygen atoms in total. The first kappa shape index (κ1) is 16.5. The Morgan fingerprint density at radius 2 is 1.21 bits per heavy atom. The van der Waals surface area contributed by atoms with Crippen LogP contribution in [0.1, 0.15) is 77.0 Å². The summed E-state index contributed by atoms with van der Waals surface area (Å²) in [7, 11) is 0. The molecule has 0 aromatic carbocycles. The van der Waals surface area contributed by atoms with Crippen LogP contribution in [0.2, 0.25) is 0 Å².